The molecule has 0 aromatic heterocycles. The summed E-state index contributed by atoms with van der Waals surface area (Å²) in [6.07, 6.45) is 11.5. The Kier molecular flexibility index (Phi) is 3.16. The van der Waals surface area contributed by atoms with Crippen LogP contribution in [0.5, 0.6) is 0 Å². The molecule has 82 valence electrons. The maximum Gasteiger partial charge on any atom is 0.0130 e. The van der Waals surface area contributed by atoms with Gasteiger partial charge in [-0.1, -0.05) is 39.5 Å². The second-order valence-corrected chi connectivity index (χ2v) is 5.62. The average molecular weight is 195 g/mol. The Morgan fingerprint density at radius 2 is 1.79 bits per heavy atom. The second kappa shape index (κ2) is 4.22. The number of rotatable bonds is 3. The highest BCUT2D eigenvalue weighted by molar-refractivity contribution is 5.04. The Balaban J connectivity index is 1.75. The first-order chi connectivity index (χ1) is 6.74. The Morgan fingerprint density at radius 3 is 2.29 bits per heavy atom. The third-order valence-electron chi connectivity index (χ3n) is 4.45. The van der Waals surface area contributed by atoms with Crippen molar-refractivity contribution in [1.82, 2.24) is 5.32 Å². The van der Waals surface area contributed by atoms with Gasteiger partial charge in [-0.2, -0.15) is 0 Å². The monoisotopic (exact) mass is 195 g/mol. The summed E-state index contributed by atoms with van der Waals surface area (Å²) in [5.41, 5.74) is 0.645. The summed E-state index contributed by atoms with van der Waals surface area (Å²) < 4.78 is 0. The molecule has 14 heavy (non-hydrogen) atoms. The average Bonchev–Trinajstić information content (AvgIpc) is 2.89. The molecule has 2 aliphatic rings. The van der Waals surface area contributed by atoms with Crippen LogP contribution < -0.4 is 5.32 Å². The van der Waals surface area contributed by atoms with Crippen molar-refractivity contribution in [3.05, 3.63) is 0 Å². The summed E-state index contributed by atoms with van der Waals surface area (Å²) in [5, 5.41) is 3.87. The molecule has 0 spiro atoms. The van der Waals surface area contributed by atoms with E-state index in [1.165, 1.54) is 51.4 Å². The van der Waals surface area contributed by atoms with Crippen LogP contribution >= 0.6 is 0 Å². The van der Waals surface area contributed by atoms with E-state index in [9.17, 15) is 0 Å². The van der Waals surface area contributed by atoms with Gasteiger partial charge >= 0.3 is 0 Å². The van der Waals surface area contributed by atoms with E-state index in [1.54, 1.807) is 0 Å². The molecule has 2 aliphatic carbocycles. The molecule has 2 rings (SSSR count). The summed E-state index contributed by atoms with van der Waals surface area (Å²) in [4.78, 5) is 0. The lowest BCUT2D eigenvalue weighted by molar-refractivity contribution is 0.404. The molecule has 2 unspecified atom stereocenters. The van der Waals surface area contributed by atoms with Gasteiger partial charge in [0.05, 0.1) is 0 Å². The van der Waals surface area contributed by atoms with E-state index in [4.69, 9.17) is 0 Å². The van der Waals surface area contributed by atoms with E-state index >= 15 is 0 Å². The lowest BCUT2D eigenvalue weighted by Gasteiger charge is -2.18. The minimum absolute atomic E-state index is 0.645. The fourth-order valence-electron chi connectivity index (χ4n) is 2.79. The Bertz CT molecular complexity index is 182. The van der Waals surface area contributed by atoms with E-state index in [0.29, 0.717) is 5.41 Å². The van der Waals surface area contributed by atoms with Crippen molar-refractivity contribution in [3.8, 4) is 0 Å². The van der Waals surface area contributed by atoms with Crippen molar-refractivity contribution < 1.29 is 0 Å². The van der Waals surface area contributed by atoms with Crippen LogP contribution in [0, 0.1) is 5.41 Å². The fraction of sp³-hybridized carbons (Fsp3) is 1.00. The van der Waals surface area contributed by atoms with Crippen LogP contribution in [-0.4, -0.2) is 12.1 Å². The lowest BCUT2D eigenvalue weighted by atomic mass is 10.0. The van der Waals surface area contributed by atoms with Gasteiger partial charge in [-0.15, -0.1) is 0 Å². The van der Waals surface area contributed by atoms with Gasteiger partial charge in [-0.3, -0.25) is 0 Å². The quantitative estimate of drug-likeness (QED) is 0.680. The summed E-state index contributed by atoms with van der Waals surface area (Å²) in [6.45, 7) is 4.76. The molecular formula is C13H25N. The van der Waals surface area contributed by atoms with Gasteiger partial charge < -0.3 is 5.32 Å². The number of hydrogen-bond acceptors (Lipinski definition) is 1. The maximum atomic E-state index is 3.87. The second-order valence-electron chi connectivity index (χ2n) is 5.62. The molecule has 0 aromatic carbocycles. The minimum atomic E-state index is 0.645. The smallest absolute Gasteiger partial charge is 0.0130 e. The first kappa shape index (κ1) is 10.5. The molecule has 0 aromatic rings. The third kappa shape index (κ3) is 2.31. The zero-order chi connectivity index (χ0) is 10.0. The molecule has 0 amide bonds. The van der Waals surface area contributed by atoms with Gasteiger partial charge in [0.25, 0.3) is 0 Å². The molecule has 0 heterocycles. The number of nitrogens with one attached hydrogen (secondary N) is 1. The summed E-state index contributed by atoms with van der Waals surface area (Å²) in [5.74, 6) is 0. The highest BCUT2D eigenvalue weighted by Crippen LogP contribution is 2.48. The van der Waals surface area contributed by atoms with Crippen LogP contribution in [0.4, 0.5) is 0 Å². The predicted octanol–water partition coefficient (Wildman–Crippen LogP) is 3.49. The van der Waals surface area contributed by atoms with Crippen molar-refractivity contribution >= 4 is 0 Å². The van der Waals surface area contributed by atoms with Crippen molar-refractivity contribution in [2.24, 2.45) is 5.41 Å². The SMILES string of the molecule is CCC1(C)CC1NC1CCCCCC1. The van der Waals surface area contributed by atoms with Crippen LogP contribution in [0.15, 0.2) is 0 Å². The Hall–Kier alpha value is -0.0400. The zero-order valence-electron chi connectivity index (χ0n) is 9.81. The normalized spacial score (nSPS) is 39.4. The van der Waals surface area contributed by atoms with Crippen molar-refractivity contribution in [2.45, 2.75) is 77.3 Å². The first-order valence-corrected chi connectivity index (χ1v) is 6.50. The first-order valence-electron chi connectivity index (χ1n) is 6.50. The molecule has 1 N–H and O–H groups in total. The van der Waals surface area contributed by atoms with Crippen molar-refractivity contribution in [3.63, 3.8) is 0 Å². The standard InChI is InChI=1S/C13H25N/c1-3-13(2)10-12(13)14-11-8-6-4-5-7-9-11/h11-12,14H,3-10H2,1-2H3. The summed E-state index contributed by atoms with van der Waals surface area (Å²) in [7, 11) is 0. The molecule has 0 saturated heterocycles. The molecule has 1 nitrogen and oxygen atoms in total. The van der Waals surface area contributed by atoms with E-state index < -0.39 is 0 Å². The topological polar surface area (TPSA) is 12.0 Å². The van der Waals surface area contributed by atoms with Crippen LogP contribution in [0.3, 0.4) is 0 Å². The van der Waals surface area contributed by atoms with Gasteiger partial charge in [-0.25, -0.2) is 0 Å². The van der Waals surface area contributed by atoms with E-state index in [2.05, 4.69) is 19.2 Å². The van der Waals surface area contributed by atoms with Crippen LogP contribution in [0.2, 0.25) is 0 Å². The minimum Gasteiger partial charge on any atom is -0.311 e. The van der Waals surface area contributed by atoms with Crippen LogP contribution in [0.25, 0.3) is 0 Å². The molecule has 2 fully saturated rings. The maximum absolute atomic E-state index is 3.87. The molecule has 2 saturated carbocycles. The molecule has 0 radical (unpaired) electrons. The van der Waals surface area contributed by atoms with E-state index in [-0.39, 0.29) is 0 Å². The number of hydrogen-bond donors (Lipinski definition) is 1. The molecule has 0 aliphatic heterocycles. The van der Waals surface area contributed by atoms with Gasteiger partial charge in [0.15, 0.2) is 0 Å². The molecular weight excluding hydrogens is 170 g/mol. The van der Waals surface area contributed by atoms with Gasteiger partial charge in [0, 0.05) is 12.1 Å². The van der Waals surface area contributed by atoms with E-state index in [0.717, 1.165) is 12.1 Å². The highest BCUT2D eigenvalue weighted by atomic mass is 15.0. The van der Waals surface area contributed by atoms with Crippen LogP contribution in [0.1, 0.15) is 65.2 Å². The molecule has 2 atom stereocenters. The Morgan fingerprint density at radius 1 is 1.14 bits per heavy atom. The largest absolute Gasteiger partial charge is 0.311 e. The van der Waals surface area contributed by atoms with Gasteiger partial charge in [-0.05, 0) is 31.1 Å². The predicted molar refractivity (Wildman–Crippen MR) is 61.4 cm³/mol. The fourth-order valence-corrected chi connectivity index (χ4v) is 2.79. The van der Waals surface area contributed by atoms with Gasteiger partial charge in [0.2, 0.25) is 0 Å². The van der Waals surface area contributed by atoms with Crippen molar-refractivity contribution in [2.75, 3.05) is 0 Å². The zero-order valence-corrected chi connectivity index (χ0v) is 9.81. The van der Waals surface area contributed by atoms with Gasteiger partial charge in [0.1, 0.15) is 0 Å². The summed E-state index contributed by atoms with van der Waals surface area (Å²) >= 11 is 0. The lowest BCUT2D eigenvalue weighted by Crippen LogP contribution is -2.32. The molecule has 0 bridgehead atoms. The summed E-state index contributed by atoms with van der Waals surface area (Å²) in [6, 6.07) is 1.69. The molecule has 1 heteroatoms. The highest BCUT2D eigenvalue weighted by Gasteiger charge is 2.48. The van der Waals surface area contributed by atoms with Crippen molar-refractivity contribution in [1.29, 1.82) is 0 Å². The third-order valence-corrected chi connectivity index (χ3v) is 4.45. The van der Waals surface area contributed by atoms with Crippen LogP contribution in [-0.2, 0) is 0 Å². The van der Waals surface area contributed by atoms with E-state index in [1.807, 2.05) is 0 Å². The Labute approximate surface area is 88.7 Å².